The number of benzene rings is 1. The summed E-state index contributed by atoms with van der Waals surface area (Å²) in [4.78, 5) is 0. The number of rotatable bonds is 4. The van der Waals surface area contributed by atoms with Crippen LogP contribution in [0.15, 0.2) is 18.2 Å². The first-order chi connectivity index (χ1) is 7.10. The third-order valence-electron chi connectivity index (χ3n) is 2.10. The lowest BCUT2D eigenvalue weighted by molar-refractivity contribution is 0.102. The summed E-state index contributed by atoms with van der Waals surface area (Å²) in [7, 11) is 2.72. The van der Waals surface area contributed by atoms with Crippen molar-refractivity contribution in [3.05, 3.63) is 29.6 Å². The van der Waals surface area contributed by atoms with Crippen molar-refractivity contribution in [2.24, 2.45) is 0 Å². The quantitative estimate of drug-likeness (QED) is 0.839. The zero-order valence-electron chi connectivity index (χ0n) is 8.43. The summed E-state index contributed by atoms with van der Waals surface area (Å²) < 4.78 is 42.9. The topological polar surface area (TPSA) is 21.3 Å². The van der Waals surface area contributed by atoms with Crippen LogP contribution in [0.3, 0.4) is 0 Å². The van der Waals surface area contributed by atoms with Gasteiger partial charge in [-0.1, -0.05) is 6.07 Å². The molecule has 1 rings (SSSR count). The van der Waals surface area contributed by atoms with Gasteiger partial charge < -0.3 is 10.1 Å². The fourth-order valence-electron chi connectivity index (χ4n) is 1.31. The largest absolute Gasteiger partial charge is 0.494 e. The lowest BCUT2D eigenvalue weighted by Gasteiger charge is -2.16. The Morgan fingerprint density at radius 1 is 1.33 bits per heavy atom. The average molecular weight is 219 g/mol. The Balaban J connectivity index is 3.00. The van der Waals surface area contributed by atoms with Crippen LogP contribution in [0.4, 0.5) is 13.2 Å². The maximum Gasteiger partial charge on any atom is 0.257 e. The van der Waals surface area contributed by atoms with Crippen LogP contribution in [0.1, 0.15) is 11.6 Å². The van der Waals surface area contributed by atoms with E-state index >= 15 is 0 Å². The molecule has 0 saturated heterocycles. The molecule has 2 nitrogen and oxygen atoms in total. The zero-order valence-corrected chi connectivity index (χ0v) is 8.43. The Bertz CT molecular complexity index is 330. The van der Waals surface area contributed by atoms with Gasteiger partial charge in [0.1, 0.15) is 0 Å². The molecule has 0 saturated carbocycles. The molecule has 1 N–H and O–H groups in total. The van der Waals surface area contributed by atoms with Crippen LogP contribution in [-0.2, 0) is 0 Å². The van der Waals surface area contributed by atoms with E-state index in [1.807, 2.05) is 0 Å². The van der Waals surface area contributed by atoms with E-state index in [-0.39, 0.29) is 11.3 Å². The number of nitrogens with one attached hydrogen (secondary N) is 1. The fraction of sp³-hybridized carbons (Fsp3) is 0.400. The molecule has 0 radical (unpaired) electrons. The standard InChI is InChI=1S/C10H12F3NO/c1-14-9(10(12)13)6-3-4-8(15-2)7(11)5-6/h3-5,9-10,14H,1-2H3. The number of hydrogen-bond acceptors (Lipinski definition) is 2. The molecule has 1 aromatic carbocycles. The zero-order chi connectivity index (χ0) is 11.4. The van der Waals surface area contributed by atoms with Crippen molar-refractivity contribution < 1.29 is 17.9 Å². The van der Waals surface area contributed by atoms with Gasteiger partial charge in [0, 0.05) is 0 Å². The van der Waals surface area contributed by atoms with E-state index in [0.29, 0.717) is 0 Å². The van der Waals surface area contributed by atoms with E-state index in [4.69, 9.17) is 4.74 Å². The van der Waals surface area contributed by atoms with Crippen LogP contribution < -0.4 is 10.1 Å². The van der Waals surface area contributed by atoms with Crippen LogP contribution in [0.2, 0.25) is 0 Å². The van der Waals surface area contributed by atoms with Crippen molar-refractivity contribution in [2.75, 3.05) is 14.2 Å². The van der Waals surface area contributed by atoms with E-state index in [0.717, 1.165) is 6.07 Å². The first-order valence-corrected chi connectivity index (χ1v) is 4.39. The van der Waals surface area contributed by atoms with Crippen molar-refractivity contribution in [3.8, 4) is 5.75 Å². The smallest absolute Gasteiger partial charge is 0.257 e. The van der Waals surface area contributed by atoms with Gasteiger partial charge in [-0.3, -0.25) is 0 Å². The van der Waals surface area contributed by atoms with Crippen LogP contribution in [0, 0.1) is 5.82 Å². The van der Waals surface area contributed by atoms with E-state index in [1.54, 1.807) is 0 Å². The molecule has 1 unspecified atom stereocenters. The molecule has 0 fully saturated rings. The second kappa shape index (κ2) is 5.02. The highest BCUT2D eigenvalue weighted by Crippen LogP contribution is 2.25. The van der Waals surface area contributed by atoms with Crippen LogP contribution in [0.5, 0.6) is 5.75 Å². The molecule has 0 amide bonds. The highest BCUT2D eigenvalue weighted by molar-refractivity contribution is 5.31. The molecule has 15 heavy (non-hydrogen) atoms. The first-order valence-electron chi connectivity index (χ1n) is 4.39. The van der Waals surface area contributed by atoms with Gasteiger partial charge in [0.05, 0.1) is 13.2 Å². The molecule has 84 valence electrons. The molecule has 5 heteroatoms. The summed E-state index contributed by atoms with van der Waals surface area (Å²) in [6.45, 7) is 0. The number of alkyl halides is 2. The summed E-state index contributed by atoms with van der Waals surface area (Å²) >= 11 is 0. The van der Waals surface area contributed by atoms with Gasteiger partial charge in [0.15, 0.2) is 11.6 Å². The Labute approximate surface area is 86.1 Å². The Morgan fingerprint density at radius 2 is 2.00 bits per heavy atom. The normalized spacial score (nSPS) is 12.9. The summed E-state index contributed by atoms with van der Waals surface area (Å²) in [6, 6.07) is 2.63. The van der Waals surface area contributed by atoms with Gasteiger partial charge >= 0.3 is 0 Å². The summed E-state index contributed by atoms with van der Waals surface area (Å²) in [5.74, 6) is -0.598. The lowest BCUT2D eigenvalue weighted by atomic mass is 10.1. The molecular formula is C10H12F3NO. The van der Waals surface area contributed by atoms with Gasteiger partial charge in [-0.15, -0.1) is 0 Å². The Hall–Kier alpha value is -1.23. The molecule has 0 spiro atoms. The Morgan fingerprint density at radius 3 is 2.40 bits per heavy atom. The minimum absolute atomic E-state index is 0.0443. The molecule has 1 atom stereocenters. The number of methoxy groups -OCH3 is 1. The molecule has 0 aliphatic carbocycles. The molecule has 1 aromatic rings. The maximum absolute atomic E-state index is 13.2. The van der Waals surface area contributed by atoms with Crippen molar-refractivity contribution in [3.63, 3.8) is 0 Å². The third kappa shape index (κ3) is 2.62. The predicted molar refractivity (Wildman–Crippen MR) is 50.8 cm³/mol. The van der Waals surface area contributed by atoms with Crippen LogP contribution >= 0.6 is 0 Å². The molecule has 0 aliphatic heterocycles. The summed E-state index contributed by atoms with van der Waals surface area (Å²) in [5.41, 5.74) is 0.200. The SMILES string of the molecule is CNC(c1ccc(OC)c(F)c1)C(F)F. The van der Waals surface area contributed by atoms with E-state index < -0.39 is 18.3 Å². The average Bonchev–Trinajstić information content (AvgIpc) is 2.18. The Kier molecular flexibility index (Phi) is 3.96. The van der Waals surface area contributed by atoms with Gasteiger partial charge in [-0.05, 0) is 24.7 Å². The van der Waals surface area contributed by atoms with Crippen molar-refractivity contribution in [2.45, 2.75) is 12.5 Å². The third-order valence-corrected chi connectivity index (χ3v) is 2.10. The second-order valence-corrected chi connectivity index (χ2v) is 2.99. The lowest BCUT2D eigenvalue weighted by Crippen LogP contribution is -2.23. The summed E-state index contributed by atoms with van der Waals surface area (Å²) in [6.07, 6.45) is -2.58. The number of ether oxygens (including phenoxy) is 1. The predicted octanol–water partition coefficient (Wildman–Crippen LogP) is 2.36. The molecular weight excluding hydrogens is 207 g/mol. The maximum atomic E-state index is 13.2. The molecule has 0 bridgehead atoms. The molecule has 0 heterocycles. The van der Waals surface area contributed by atoms with E-state index in [9.17, 15) is 13.2 Å². The van der Waals surface area contributed by atoms with Crippen LogP contribution in [0.25, 0.3) is 0 Å². The van der Waals surface area contributed by atoms with Gasteiger partial charge in [0.25, 0.3) is 6.43 Å². The fourth-order valence-corrected chi connectivity index (χ4v) is 1.31. The second-order valence-electron chi connectivity index (χ2n) is 2.99. The van der Waals surface area contributed by atoms with Gasteiger partial charge in [-0.2, -0.15) is 0 Å². The number of halogens is 3. The minimum Gasteiger partial charge on any atom is -0.494 e. The first kappa shape index (κ1) is 11.8. The highest BCUT2D eigenvalue weighted by atomic mass is 19.3. The minimum atomic E-state index is -2.58. The monoisotopic (exact) mass is 219 g/mol. The number of hydrogen-bond donors (Lipinski definition) is 1. The molecule has 0 aromatic heterocycles. The highest BCUT2D eigenvalue weighted by Gasteiger charge is 2.21. The van der Waals surface area contributed by atoms with Gasteiger partial charge in [-0.25, -0.2) is 13.2 Å². The molecule has 0 aliphatic rings. The van der Waals surface area contributed by atoms with E-state index in [2.05, 4.69) is 5.32 Å². The van der Waals surface area contributed by atoms with Crippen molar-refractivity contribution in [1.29, 1.82) is 0 Å². The van der Waals surface area contributed by atoms with Crippen molar-refractivity contribution >= 4 is 0 Å². The van der Waals surface area contributed by atoms with E-state index in [1.165, 1.54) is 26.3 Å². The van der Waals surface area contributed by atoms with Gasteiger partial charge in [0.2, 0.25) is 0 Å². The van der Waals surface area contributed by atoms with Crippen molar-refractivity contribution in [1.82, 2.24) is 5.32 Å². The van der Waals surface area contributed by atoms with Crippen LogP contribution in [-0.4, -0.2) is 20.6 Å². The summed E-state index contributed by atoms with van der Waals surface area (Å²) in [5, 5.41) is 2.42.